The highest BCUT2D eigenvalue weighted by atomic mass is 16.5. The molecule has 0 unspecified atom stereocenters. The molecule has 3 nitrogen and oxygen atoms in total. The van der Waals surface area contributed by atoms with E-state index in [1.165, 1.54) is 11.1 Å². The van der Waals surface area contributed by atoms with Gasteiger partial charge in [-0.05, 0) is 36.7 Å². The third-order valence-corrected chi connectivity index (χ3v) is 3.69. The predicted octanol–water partition coefficient (Wildman–Crippen LogP) is 3.48. The van der Waals surface area contributed by atoms with Gasteiger partial charge in [-0.2, -0.15) is 0 Å². The van der Waals surface area contributed by atoms with Gasteiger partial charge in [0.05, 0.1) is 5.69 Å². The maximum atomic E-state index is 5.87. The number of hydrogen-bond donors (Lipinski definition) is 1. The Bertz CT molecular complexity index is 569. The summed E-state index contributed by atoms with van der Waals surface area (Å²) < 4.78 is 5.77. The molecular formula is C18H24N2O. The van der Waals surface area contributed by atoms with Gasteiger partial charge >= 0.3 is 0 Å². The van der Waals surface area contributed by atoms with Crippen molar-refractivity contribution < 1.29 is 4.74 Å². The van der Waals surface area contributed by atoms with Crippen LogP contribution in [0.5, 0.6) is 5.75 Å². The number of nitrogens with zero attached hydrogens (tertiary/aromatic N) is 1. The second kappa shape index (κ2) is 7.70. The zero-order chi connectivity index (χ0) is 15.1. The van der Waals surface area contributed by atoms with Crippen LogP contribution in [0, 0.1) is 6.92 Å². The van der Waals surface area contributed by atoms with Crippen LogP contribution in [-0.4, -0.2) is 24.6 Å². The molecule has 0 fully saturated rings. The second-order valence-corrected chi connectivity index (χ2v) is 5.18. The molecular weight excluding hydrogens is 260 g/mol. The van der Waals surface area contributed by atoms with E-state index in [-0.39, 0.29) is 0 Å². The third kappa shape index (κ3) is 4.50. The summed E-state index contributed by atoms with van der Waals surface area (Å²) in [6.45, 7) is 7.82. The van der Waals surface area contributed by atoms with Crippen LogP contribution in [0.15, 0.2) is 48.5 Å². The van der Waals surface area contributed by atoms with Crippen LogP contribution in [0.4, 0.5) is 5.69 Å². The molecule has 0 radical (unpaired) electrons. The molecule has 0 spiro atoms. The van der Waals surface area contributed by atoms with Gasteiger partial charge in [0, 0.05) is 13.1 Å². The van der Waals surface area contributed by atoms with Crippen molar-refractivity contribution in [3.63, 3.8) is 0 Å². The van der Waals surface area contributed by atoms with Crippen molar-refractivity contribution in [2.24, 2.45) is 0 Å². The van der Waals surface area contributed by atoms with E-state index >= 15 is 0 Å². The number of para-hydroxylation sites is 2. The topological polar surface area (TPSA) is 38.5 Å². The fourth-order valence-corrected chi connectivity index (χ4v) is 2.27. The summed E-state index contributed by atoms with van der Waals surface area (Å²) >= 11 is 0. The van der Waals surface area contributed by atoms with Gasteiger partial charge < -0.3 is 10.5 Å². The molecule has 0 aliphatic rings. The highest BCUT2D eigenvalue weighted by molar-refractivity contribution is 5.51. The van der Waals surface area contributed by atoms with E-state index in [0.717, 1.165) is 25.4 Å². The summed E-state index contributed by atoms with van der Waals surface area (Å²) in [6, 6.07) is 16.1. The number of nitrogens with two attached hydrogens (primary N) is 1. The van der Waals surface area contributed by atoms with Crippen LogP contribution >= 0.6 is 0 Å². The molecule has 0 aromatic heterocycles. The van der Waals surface area contributed by atoms with E-state index in [2.05, 4.69) is 43.0 Å². The van der Waals surface area contributed by atoms with Gasteiger partial charge in [0.25, 0.3) is 0 Å². The Morgan fingerprint density at radius 3 is 2.48 bits per heavy atom. The molecule has 0 atom stereocenters. The molecule has 0 saturated carbocycles. The van der Waals surface area contributed by atoms with Crippen LogP contribution in [-0.2, 0) is 6.54 Å². The number of hydrogen-bond acceptors (Lipinski definition) is 3. The quantitative estimate of drug-likeness (QED) is 0.791. The Kier molecular flexibility index (Phi) is 5.64. The number of nitrogen functional groups attached to an aromatic ring is 1. The Hall–Kier alpha value is -2.00. The van der Waals surface area contributed by atoms with Gasteiger partial charge in [0.2, 0.25) is 0 Å². The first-order valence-corrected chi connectivity index (χ1v) is 7.45. The fraction of sp³-hybridized carbons (Fsp3) is 0.333. The maximum Gasteiger partial charge on any atom is 0.142 e. The van der Waals surface area contributed by atoms with E-state index in [4.69, 9.17) is 10.5 Å². The van der Waals surface area contributed by atoms with Crippen molar-refractivity contribution in [3.05, 3.63) is 59.7 Å². The number of benzene rings is 2. The lowest BCUT2D eigenvalue weighted by atomic mass is 10.1. The summed E-state index contributed by atoms with van der Waals surface area (Å²) in [5, 5.41) is 0. The van der Waals surface area contributed by atoms with Gasteiger partial charge in [-0.1, -0.05) is 43.3 Å². The number of anilines is 1. The Morgan fingerprint density at radius 2 is 1.76 bits per heavy atom. The Labute approximate surface area is 127 Å². The lowest BCUT2D eigenvalue weighted by molar-refractivity contribution is 0.210. The lowest BCUT2D eigenvalue weighted by Crippen LogP contribution is -2.28. The smallest absolute Gasteiger partial charge is 0.142 e. The van der Waals surface area contributed by atoms with Gasteiger partial charge in [-0.15, -0.1) is 0 Å². The zero-order valence-electron chi connectivity index (χ0n) is 12.9. The zero-order valence-corrected chi connectivity index (χ0v) is 12.9. The molecule has 2 N–H and O–H groups in total. The van der Waals surface area contributed by atoms with E-state index in [0.29, 0.717) is 12.3 Å². The summed E-state index contributed by atoms with van der Waals surface area (Å²) in [7, 11) is 0. The van der Waals surface area contributed by atoms with Crippen molar-refractivity contribution in [2.45, 2.75) is 20.4 Å². The molecule has 21 heavy (non-hydrogen) atoms. The molecule has 0 aliphatic carbocycles. The van der Waals surface area contributed by atoms with Crippen molar-refractivity contribution in [1.29, 1.82) is 0 Å². The van der Waals surface area contributed by atoms with Crippen LogP contribution in [0.2, 0.25) is 0 Å². The first kappa shape index (κ1) is 15.4. The van der Waals surface area contributed by atoms with Gasteiger partial charge in [-0.25, -0.2) is 0 Å². The molecule has 2 rings (SSSR count). The molecule has 0 heterocycles. The largest absolute Gasteiger partial charge is 0.490 e. The molecule has 0 saturated heterocycles. The van der Waals surface area contributed by atoms with E-state index in [1.54, 1.807) is 0 Å². The number of likely N-dealkylation sites (N-methyl/N-ethyl adjacent to an activating group) is 1. The highest BCUT2D eigenvalue weighted by Gasteiger charge is 2.06. The first-order chi connectivity index (χ1) is 10.2. The minimum Gasteiger partial charge on any atom is -0.490 e. The lowest BCUT2D eigenvalue weighted by Gasteiger charge is -2.21. The van der Waals surface area contributed by atoms with Gasteiger partial charge in [-0.3, -0.25) is 4.90 Å². The predicted molar refractivity (Wildman–Crippen MR) is 88.5 cm³/mol. The van der Waals surface area contributed by atoms with E-state index in [9.17, 15) is 0 Å². The average molecular weight is 284 g/mol. The molecule has 3 heteroatoms. The molecule has 2 aromatic carbocycles. The number of aryl methyl sites for hydroxylation is 1. The standard InChI is InChI=1S/C18H24N2O/c1-3-20(14-16-9-5-4-8-15(16)2)12-13-21-18-11-7-6-10-17(18)19/h4-11H,3,12-14,19H2,1-2H3. The summed E-state index contributed by atoms with van der Waals surface area (Å²) in [5.41, 5.74) is 9.28. The Morgan fingerprint density at radius 1 is 1.05 bits per heavy atom. The molecule has 2 aromatic rings. The third-order valence-electron chi connectivity index (χ3n) is 3.69. The molecule has 0 bridgehead atoms. The number of ether oxygens (including phenoxy) is 1. The highest BCUT2D eigenvalue weighted by Crippen LogP contribution is 2.19. The van der Waals surface area contributed by atoms with E-state index in [1.807, 2.05) is 24.3 Å². The fourth-order valence-electron chi connectivity index (χ4n) is 2.27. The van der Waals surface area contributed by atoms with Crippen molar-refractivity contribution >= 4 is 5.69 Å². The van der Waals surface area contributed by atoms with Crippen LogP contribution in [0.1, 0.15) is 18.1 Å². The summed E-state index contributed by atoms with van der Waals surface area (Å²) in [4.78, 5) is 2.38. The first-order valence-electron chi connectivity index (χ1n) is 7.45. The maximum absolute atomic E-state index is 5.87. The second-order valence-electron chi connectivity index (χ2n) is 5.18. The average Bonchev–Trinajstić information content (AvgIpc) is 2.50. The minimum atomic E-state index is 0.647. The van der Waals surface area contributed by atoms with Crippen molar-refractivity contribution in [2.75, 3.05) is 25.4 Å². The van der Waals surface area contributed by atoms with Crippen LogP contribution in [0.25, 0.3) is 0 Å². The van der Waals surface area contributed by atoms with Crippen LogP contribution in [0.3, 0.4) is 0 Å². The molecule has 0 amide bonds. The van der Waals surface area contributed by atoms with Gasteiger partial charge in [0.1, 0.15) is 12.4 Å². The molecule has 112 valence electrons. The van der Waals surface area contributed by atoms with Crippen LogP contribution < -0.4 is 10.5 Å². The van der Waals surface area contributed by atoms with E-state index < -0.39 is 0 Å². The number of rotatable bonds is 7. The van der Waals surface area contributed by atoms with Crippen molar-refractivity contribution in [3.8, 4) is 5.75 Å². The minimum absolute atomic E-state index is 0.647. The molecule has 0 aliphatic heterocycles. The Balaban J connectivity index is 1.86. The summed E-state index contributed by atoms with van der Waals surface area (Å²) in [5.74, 6) is 0.768. The van der Waals surface area contributed by atoms with Crippen molar-refractivity contribution in [1.82, 2.24) is 4.90 Å². The van der Waals surface area contributed by atoms with Gasteiger partial charge in [0.15, 0.2) is 0 Å². The SMILES string of the molecule is CCN(CCOc1ccccc1N)Cc1ccccc1C. The summed E-state index contributed by atoms with van der Waals surface area (Å²) in [6.07, 6.45) is 0. The normalized spacial score (nSPS) is 10.8. The monoisotopic (exact) mass is 284 g/mol.